The van der Waals surface area contributed by atoms with Gasteiger partial charge in [0.1, 0.15) is 0 Å². The molecule has 3 heteroatoms. The molecule has 2 aromatic rings. The van der Waals surface area contributed by atoms with Gasteiger partial charge in [0.15, 0.2) is 0 Å². The zero-order chi connectivity index (χ0) is 13.1. The molecule has 0 bridgehead atoms. The van der Waals surface area contributed by atoms with Gasteiger partial charge < -0.3 is 9.73 Å². The van der Waals surface area contributed by atoms with Gasteiger partial charge >= 0.3 is 0 Å². The number of nitrogens with one attached hydrogen (secondary N) is 1. The molecule has 0 saturated heterocycles. The summed E-state index contributed by atoms with van der Waals surface area (Å²) in [6, 6.07) is 4.79. The standard InChI is InChI=1S/C16H21NOS/c1-2-8-17-16(13-7-9-18-11-13)15-10-12-5-3-4-6-14(12)19-15/h7,9-11,16-17H,2-6,8H2,1H3. The van der Waals surface area contributed by atoms with Crippen molar-refractivity contribution in [3.63, 3.8) is 0 Å². The zero-order valence-electron chi connectivity index (χ0n) is 11.4. The van der Waals surface area contributed by atoms with Crippen LogP contribution < -0.4 is 5.32 Å². The van der Waals surface area contributed by atoms with Crippen LogP contribution in [0.2, 0.25) is 0 Å². The van der Waals surface area contributed by atoms with E-state index in [0.29, 0.717) is 6.04 Å². The molecule has 2 aromatic heterocycles. The molecule has 0 saturated carbocycles. The lowest BCUT2D eigenvalue weighted by Crippen LogP contribution is -2.21. The predicted octanol–water partition coefficient (Wildman–Crippen LogP) is 4.31. The minimum Gasteiger partial charge on any atom is -0.472 e. The van der Waals surface area contributed by atoms with Gasteiger partial charge in [0.05, 0.1) is 18.6 Å². The Hall–Kier alpha value is -1.06. The van der Waals surface area contributed by atoms with Crippen LogP contribution in [0.15, 0.2) is 29.1 Å². The first-order valence-electron chi connectivity index (χ1n) is 7.25. The van der Waals surface area contributed by atoms with Crippen LogP contribution in [-0.4, -0.2) is 6.54 Å². The van der Waals surface area contributed by atoms with E-state index < -0.39 is 0 Å². The first-order valence-corrected chi connectivity index (χ1v) is 8.07. The summed E-state index contributed by atoms with van der Waals surface area (Å²) in [6.45, 7) is 3.25. The van der Waals surface area contributed by atoms with Crippen molar-refractivity contribution >= 4 is 11.3 Å². The maximum Gasteiger partial charge on any atom is 0.0954 e. The molecule has 0 aromatic carbocycles. The summed E-state index contributed by atoms with van der Waals surface area (Å²) in [7, 11) is 0. The number of furan rings is 1. The maximum absolute atomic E-state index is 5.26. The molecule has 19 heavy (non-hydrogen) atoms. The lowest BCUT2D eigenvalue weighted by molar-refractivity contribution is 0.550. The normalized spacial score (nSPS) is 16.3. The molecule has 1 aliphatic rings. The maximum atomic E-state index is 5.26. The summed E-state index contributed by atoms with van der Waals surface area (Å²) in [5, 5.41) is 3.65. The van der Waals surface area contributed by atoms with Gasteiger partial charge in [-0.05, 0) is 56.3 Å². The number of thiophene rings is 1. The van der Waals surface area contributed by atoms with Crippen LogP contribution in [0.25, 0.3) is 0 Å². The average Bonchev–Trinajstić information content (AvgIpc) is 3.08. The molecule has 3 rings (SSSR count). The number of aryl methyl sites for hydroxylation is 2. The Balaban J connectivity index is 1.88. The lowest BCUT2D eigenvalue weighted by atomic mass is 9.98. The van der Waals surface area contributed by atoms with Crippen molar-refractivity contribution in [1.29, 1.82) is 0 Å². The fraction of sp³-hybridized carbons (Fsp3) is 0.500. The van der Waals surface area contributed by atoms with E-state index in [2.05, 4.69) is 24.4 Å². The highest BCUT2D eigenvalue weighted by Crippen LogP contribution is 2.35. The minimum absolute atomic E-state index is 0.300. The highest BCUT2D eigenvalue weighted by molar-refractivity contribution is 7.12. The third-order valence-corrected chi connectivity index (χ3v) is 5.08. The van der Waals surface area contributed by atoms with Crippen LogP contribution in [0.3, 0.4) is 0 Å². The zero-order valence-corrected chi connectivity index (χ0v) is 12.3. The van der Waals surface area contributed by atoms with E-state index in [9.17, 15) is 0 Å². The van der Waals surface area contributed by atoms with Crippen LogP contribution >= 0.6 is 11.3 Å². The van der Waals surface area contributed by atoms with E-state index in [1.165, 1.54) is 36.1 Å². The van der Waals surface area contributed by atoms with Gasteiger partial charge in [0.2, 0.25) is 0 Å². The second-order valence-corrected chi connectivity index (χ2v) is 6.42. The van der Waals surface area contributed by atoms with Crippen molar-refractivity contribution < 1.29 is 4.42 Å². The number of hydrogen-bond donors (Lipinski definition) is 1. The van der Waals surface area contributed by atoms with Crippen molar-refractivity contribution in [3.8, 4) is 0 Å². The summed E-state index contributed by atoms with van der Waals surface area (Å²) in [5.41, 5.74) is 2.82. The van der Waals surface area contributed by atoms with Gasteiger partial charge in [-0.15, -0.1) is 11.3 Å². The quantitative estimate of drug-likeness (QED) is 0.879. The summed E-state index contributed by atoms with van der Waals surface area (Å²) >= 11 is 1.99. The van der Waals surface area contributed by atoms with Gasteiger partial charge in [0.25, 0.3) is 0 Å². The van der Waals surface area contributed by atoms with E-state index in [0.717, 1.165) is 13.0 Å². The van der Waals surface area contributed by atoms with Gasteiger partial charge in [-0.3, -0.25) is 0 Å². The SMILES string of the molecule is CCCNC(c1ccoc1)c1cc2c(s1)CCCC2. The molecule has 0 amide bonds. The molecule has 2 nitrogen and oxygen atoms in total. The molecule has 2 heterocycles. The summed E-state index contributed by atoms with van der Waals surface area (Å²) in [4.78, 5) is 3.05. The topological polar surface area (TPSA) is 25.2 Å². The van der Waals surface area contributed by atoms with Crippen molar-refractivity contribution in [2.24, 2.45) is 0 Å². The molecular weight excluding hydrogens is 254 g/mol. The Morgan fingerprint density at radius 2 is 2.26 bits per heavy atom. The van der Waals surface area contributed by atoms with Crippen LogP contribution in [0, 0.1) is 0 Å². The lowest BCUT2D eigenvalue weighted by Gasteiger charge is -2.15. The fourth-order valence-corrected chi connectivity index (χ4v) is 4.13. The van der Waals surface area contributed by atoms with Crippen molar-refractivity contribution in [1.82, 2.24) is 5.32 Å². The molecule has 0 spiro atoms. The predicted molar refractivity (Wildman–Crippen MR) is 79.8 cm³/mol. The molecule has 0 radical (unpaired) electrons. The van der Waals surface area contributed by atoms with Gasteiger partial charge in [-0.25, -0.2) is 0 Å². The van der Waals surface area contributed by atoms with Gasteiger partial charge in [-0.2, -0.15) is 0 Å². The van der Waals surface area contributed by atoms with E-state index in [1.54, 1.807) is 16.7 Å². The molecule has 1 unspecified atom stereocenters. The number of hydrogen-bond acceptors (Lipinski definition) is 3. The third-order valence-electron chi connectivity index (χ3n) is 3.78. The summed E-state index contributed by atoms with van der Waals surface area (Å²) < 4.78 is 5.26. The number of fused-ring (bicyclic) bond motifs is 1. The Kier molecular flexibility index (Phi) is 4.04. The molecule has 0 aliphatic heterocycles. The minimum atomic E-state index is 0.300. The van der Waals surface area contributed by atoms with Crippen LogP contribution in [0.4, 0.5) is 0 Å². The molecule has 0 fully saturated rings. The first-order chi connectivity index (χ1) is 9.38. The van der Waals surface area contributed by atoms with Crippen LogP contribution in [-0.2, 0) is 12.8 Å². The smallest absolute Gasteiger partial charge is 0.0954 e. The molecule has 1 atom stereocenters. The first kappa shape index (κ1) is 12.9. The monoisotopic (exact) mass is 275 g/mol. The van der Waals surface area contributed by atoms with E-state index in [-0.39, 0.29) is 0 Å². The second-order valence-electron chi connectivity index (χ2n) is 5.25. The van der Waals surface area contributed by atoms with E-state index >= 15 is 0 Å². The van der Waals surface area contributed by atoms with Crippen LogP contribution in [0.1, 0.15) is 53.1 Å². The average molecular weight is 275 g/mol. The molecular formula is C16H21NOS. The highest BCUT2D eigenvalue weighted by atomic mass is 32.1. The van der Waals surface area contributed by atoms with E-state index in [1.807, 2.05) is 17.6 Å². The molecule has 102 valence electrons. The van der Waals surface area contributed by atoms with Crippen LogP contribution in [0.5, 0.6) is 0 Å². The third kappa shape index (κ3) is 2.77. The Labute approximate surface area is 118 Å². The van der Waals surface area contributed by atoms with E-state index in [4.69, 9.17) is 4.42 Å². The highest BCUT2D eigenvalue weighted by Gasteiger charge is 2.20. The van der Waals surface area contributed by atoms with Crippen molar-refractivity contribution in [2.75, 3.05) is 6.54 Å². The Morgan fingerprint density at radius 1 is 1.37 bits per heavy atom. The van der Waals surface area contributed by atoms with Gasteiger partial charge in [-0.1, -0.05) is 6.92 Å². The summed E-state index contributed by atoms with van der Waals surface area (Å²) in [6.07, 6.45) is 10.0. The number of rotatable bonds is 5. The Bertz CT molecular complexity index is 491. The van der Waals surface area contributed by atoms with Crippen molar-refractivity contribution in [2.45, 2.75) is 45.1 Å². The molecule has 1 N–H and O–H groups in total. The summed E-state index contributed by atoms with van der Waals surface area (Å²) in [5.74, 6) is 0. The fourth-order valence-electron chi connectivity index (χ4n) is 2.77. The molecule has 1 aliphatic carbocycles. The van der Waals surface area contributed by atoms with Gasteiger partial charge in [0, 0.05) is 15.3 Å². The second kappa shape index (κ2) is 5.93. The Morgan fingerprint density at radius 3 is 3.00 bits per heavy atom. The largest absolute Gasteiger partial charge is 0.472 e. The van der Waals surface area contributed by atoms with Crippen molar-refractivity contribution in [3.05, 3.63) is 45.5 Å².